The second kappa shape index (κ2) is 6.11. The van der Waals surface area contributed by atoms with E-state index in [2.05, 4.69) is 26.0 Å². The maximum Gasteiger partial charge on any atom is 0.236 e. The molecule has 108 valence electrons. The van der Waals surface area contributed by atoms with Gasteiger partial charge in [-0.1, -0.05) is 28.1 Å². The first-order valence-corrected chi connectivity index (χ1v) is 8.62. The fourth-order valence-corrected chi connectivity index (χ4v) is 3.36. The van der Waals surface area contributed by atoms with Crippen molar-refractivity contribution in [2.24, 2.45) is 0 Å². The fourth-order valence-electron chi connectivity index (χ4n) is 1.94. The van der Waals surface area contributed by atoms with E-state index in [1.807, 2.05) is 30.3 Å². The minimum atomic E-state index is -3.37. The van der Waals surface area contributed by atoms with Crippen LogP contribution in [0.1, 0.15) is 6.92 Å². The number of rotatable bonds is 5. The highest BCUT2D eigenvalue weighted by Gasteiger charge is 2.19. The van der Waals surface area contributed by atoms with Gasteiger partial charge in [0.05, 0.1) is 5.25 Å². The zero-order valence-corrected chi connectivity index (χ0v) is 13.8. The van der Waals surface area contributed by atoms with Crippen LogP contribution in [0.15, 0.2) is 40.9 Å². The van der Waals surface area contributed by atoms with Crippen LogP contribution >= 0.6 is 15.9 Å². The van der Waals surface area contributed by atoms with Crippen LogP contribution in [0.25, 0.3) is 10.8 Å². The highest BCUT2D eigenvalue weighted by Crippen LogP contribution is 2.23. The Labute approximate surface area is 127 Å². The molecule has 0 radical (unpaired) electrons. The van der Waals surface area contributed by atoms with E-state index in [1.165, 1.54) is 0 Å². The molecule has 6 heteroatoms. The SMILES string of the molecule is CNCC(C)S(=O)(=O)Nc1ccc2cc(Br)ccc2c1. The summed E-state index contributed by atoms with van der Waals surface area (Å²) in [7, 11) is -1.64. The summed E-state index contributed by atoms with van der Waals surface area (Å²) >= 11 is 3.42. The monoisotopic (exact) mass is 356 g/mol. The molecular weight excluding hydrogens is 340 g/mol. The molecule has 2 rings (SSSR count). The van der Waals surface area contributed by atoms with E-state index in [9.17, 15) is 8.42 Å². The van der Waals surface area contributed by atoms with Crippen molar-refractivity contribution >= 4 is 42.4 Å². The first kappa shape index (κ1) is 15.3. The predicted octanol–water partition coefficient (Wildman–Crippen LogP) is 2.95. The van der Waals surface area contributed by atoms with Gasteiger partial charge in [-0.25, -0.2) is 8.42 Å². The lowest BCUT2D eigenvalue weighted by Gasteiger charge is -2.14. The second-order valence-corrected chi connectivity index (χ2v) is 7.74. The van der Waals surface area contributed by atoms with E-state index in [1.54, 1.807) is 20.0 Å². The van der Waals surface area contributed by atoms with Gasteiger partial charge in [0.1, 0.15) is 0 Å². The van der Waals surface area contributed by atoms with Crippen molar-refractivity contribution in [1.29, 1.82) is 0 Å². The molecule has 0 fully saturated rings. The largest absolute Gasteiger partial charge is 0.318 e. The minimum absolute atomic E-state index is 0.413. The summed E-state index contributed by atoms with van der Waals surface area (Å²) in [6.45, 7) is 2.09. The molecule has 0 aliphatic heterocycles. The van der Waals surface area contributed by atoms with Crippen molar-refractivity contribution in [2.75, 3.05) is 18.3 Å². The molecule has 4 nitrogen and oxygen atoms in total. The maximum atomic E-state index is 12.1. The number of anilines is 1. The highest BCUT2D eigenvalue weighted by atomic mass is 79.9. The van der Waals surface area contributed by atoms with Gasteiger partial charge < -0.3 is 5.32 Å². The number of sulfonamides is 1. The molecule has 0 heterocycles. The first-order chi connectivity index (χ1) is 9.42. The van der Waals surface area contributed by atoms with E-state index >= 15 is 0 Å². The minimum Gasteiger partial charge on any atom is -0.318 e. The van der Waals surface area contributed by atoms with Crippen LogP contribution in [0.4, 0.5) is 5.69 Å². The van der Waals surface area contributed by atoms with E-state index in [-0.39, 0.29) is 0 Å². The Morgan fingerprint density at radius 1 is 1.15 bits per heavy atom. The molecular formula is C14H17BrN2O2S. The van der Waals surface area contributed by atoms with Crippen LogP contribution in [0.5, 0.6) is 0 Å². The van der Waals surface area contributed by atoms with Crippen molar-refractivity contribution in [3.05, 3.63) is 40.9 Å². The van der Waals surface area contributed by atoms with Crippen LogP contribution in [0.3, 0.4) is 0 Å². The second-order valence-electron chi connectivity index (χ2n) is 4.72. The third-order valence-electron chi connectivity index (χ3n) is 3.08. The van der Waals surface area contributed by atoms with Crippen molar-refractivity contribution in [1.82, 2.24) is 5.32 Å². The highest BCUT2D eigenvalue weighted by molar-refractivity contribution is 9.10. The average Bonchev–Trinajstić information content (AvgIpc) is 2.39. The number of hydrogen-bond donors (Lipinski definition) is 2. The smallest absolute Gasteiger partial charge is 0.236 e. The summed E-state index contributed by atoms with van der Waals surface area (Å²) in [6.07, 6.45) is 0. The molecule has 2 aromatic carbocycles. The van der Waals surface area contributed by atoms with Gasteiger partial charge in [0.15, 0.2) is 0 Å². The van der Waals surface area contributed by atoms with Crippen molar-refractivity contribution in [3.63, 3.8) is 0 Å². The van der Waals surface area contributed by atoms with Crippen molar-refractivity contribution in [3.8, 4) is 0 Å². The first-order valence-electron chi connectivity index (χ1n) is 6.28. The molecule has 0 saturated carbocycles. The Morgan fingerprint density at radius 3 is 2.50 bits per heavy atom. The number of nitrogens with one attached hydrogen (secondary N) is 2. The third-order valence-corrected chi connectivity index (χ3v) is 5.32. The topological polar surface area (TPSA) is 58.2 Å². The quantitative estimate of drug-likeness (QED) is 0.865. The van der Waals surface area contributed by atoms with Gasteiger partial charge in [0.2, 0.25) is 10.0 Å². The number of hydrogen-bond acceptors (Lipinski definition) is 3. The van der Waals surface area contributed by atoms with Gasteiger partial charge in [-0.05, 0) is 49.0 Å². The maximum absolute atomic E-state index is 12.1. The van der Waals surface area contributed by atoms with Gasteiger partial charge in [-0.15, -0.1) is 0 Å². The molecule has 0 bridgehead atoms. The Morgan fingerprint density at radius 2 is 1.80 bits per heavy atom. The van der Waals surface area contributed by atoms with E-state index in [4.69, 9.17) is 0 Å². The molecule has 0 aliphatic carbocycles. The van der Waals surface area contributed by atoms with E-state index in [0.29, 0.717) is 12.2 Å². The van der Waals surface area contributed by atoms with Crippen LogP contribution in [-0.2, 0) is 10.0 Å². The molecule has 0 aromatic heterocycles. The summed E-state index contributed by atoms with van der Waals surface area (Å²) in [5.74, 6) is 0. The van der Waals surface area contributed by atoms with Crippen LogP contribution in [-0.4, -0.2) is 27.3 Å². The average molecular weight is 357 g/mol. The van der Waals surface area contributed by atoms with Crippen LogP contribution in [0.2, 0.25) is 0 Å². The Kier molecular flexibility index (Phi) is 4.67. The Hall–Kier alpha value is -1.11. The molecule has 0 spiro atoms. The normalized spacial score (nSPS) is 13.3. The Bertz CT molecular complexity index is 716. The fraction of sp³-hybridized carbons (Fsp3) is 0.286. The standard InChI is InChI=1S/C14H17BrN2O2S/c1-10(9-16-2)20(18,19)17-14-6-4-11-7-13(15)5-3-12(11)8-14/h3-8,10,16-17H,9H2,1-2H3. The molecule has 2 N–H and O–H groups in total. The van der Waals surface area contributed by atoms with Gasteiger partial charge in [0.25, 0.3) is 0 Å². The summed E-state index contributed by atoms with van der Waals surface area (Å²) in [6, 6.07) is 11.4. The summed E-state index contributed by atoms with van der Waals surface area (Å²) in [4.78, 5) is 0. The van der Waals surface area contributed by atoms with Gasteiger partial charge in [-0.3, -0.25) is 4.72 Å². The molecule has 1 atom stereocenters. The predicted molar refractivity (Wildman–Crippen MR) is 87.6 cm³/mol. The molecule has 2 aromatic rings. The molecule has 0 aliphatic rings. The summed E-state index contributed by atoms with van der Waals surface area (Å²) in [5, 5.41) is 4.43. The lowest BCUT2D eigenvalue weighted by atomic mass is 10.1. The van der Waals surface area contributed by atoms with Gasteiger partial charge in [-0.2, -0.15) is 0 Å². The molecule has 20 heavy (non-hydrogen) atoms. The van der Waals surface area contributed by atoms with Crippen molar-refractivity contribution in [2.45, 2.75) is 12.2 Å². The summed E-state index contributed by atoms with van der Waals surface area (Å²) in [5.41, 5.74) is 0.586. The van der Waals surface area contributed by atoms with Crippen molar-refractivity contribution < 1.29 is 8.42 Å². The van der Waals surface area contributed by atoms with Gasteiger partial charge in [0, 0.05) is 16.7 Å². The lowest BCUT2D eigenvalue weighted by Crippen LogP contribution is -2.33. The third kappa shape index (κ3) is 3.50. The van der Waals surface area contributed by atoms with Crippen LogP contribution in [0, 0.1) is 0 Å². The van der Waals surface area contributed by atoms with Crippen LogP contribution < -0.4 is 10.0 Å². The number of benzene rings is 2. The number of fused-ring (bicyclic) bond motifs is 1. The zero-order chi connectivity index (χ0) is 14.8. The zero-order valence-electron chi connectivity index (χ0n) is 11.4. The molecule has 0 saturated heterocycles. The van der Waals surface area contributed by atoms with E-state index < -0.39 is 15.3 Å². The molecule has 0 amide bonds. The molecule has 1 unspecified atom stereocenters. The number of halogens is 1. The lowest BCUT2D eigenvalue weighted by molar-refractivity contribution is 0.584. The summed E-state index contributed by atoms with van der Waals surface area (Å²) < 4.78 is 27.9. The van der Waals surface area contributed by atoms with Gasteiger partial charge >= 0.3 is 0 Å². The Balaban J connectivity index is 2.28. The van der Waals surface area contributed by atoms with E-state index in [0.717, 1.165) is 15.2 Å².